The summed E-state index contributed by atoms with van der Waals surface area (Å²) in [5.74, 6) is 0.611. The van der Waals surface area contributed by atoms with Crippen molar-refractivity contribution in [2.24, 2.45) is 11.7 Å². The summed E-state index contributed by atoms with van der Waals surface area (Å²) < 4.78 is 8.79. The van der Waals surface area contributed by atoms with Crippen LogP contribution in [0.1, 0.15) is 39.3 Å². The van der Waals surface area contributed by atoms with Crippen molar-refractivity contribution in [3.8, 4) is 0 Å². The van der Waals surface area contributed by atoms with Crippen molar-refractivity contribution < 1.29 is 20.1 Å². The molecule has 2 N–H and O–H groups in total. The quantitative estimate of drug-likeness (QED) is 0.636. The molecule has 0 saturated heterocycles. The van der Waals surface area contributed by atoms with E-state index in [0.29, 0.717) is 5.92 Å². The minimum Gasteiger partial charge on any atom is -1.00 e. The molecule has 102 valence electrons. The van der Waals surface area contributed by atoms with Crippen molar-refractivity contribution in [2.45, 2.75) is 38.2 Å². The van der Waals surface area contributed by atoms with Gasteiger partial charge in [0.25, 0.3) is 0 Å². The van der Waals surface area contributed by atoms with Gasteiger partial charge in [0.15, 0.2) is 0 Å². The monoisotopic (exact) mass is 421 g/mol. The Bertz CT molecular complexity index is 344. The number of hydrogen-bond donors (Lipinski definition) is 1. The summed E-state index contributed by atoms with van der Waals surface area (Å²) >= 11 is -1.91. The fraction of sp³-hybridized carbons (Fsp3) is 0.571. The molecule has 0 bridgehead atoms. The first kappa shape index (κ1) is 18.4. The fourth-order valence-electron chi connectivity index (χ4n) is 1.79. The number of hydrogen-bond acceptors (Lipinski definition) is 2. The summed E-state index contributed by atoms with van der Waals surface area (Å²) in [7, 11) is 0. The predicted molar refractivity (Wildman–Crippen MR) is 75.7 cm³/mol. The molecule has 0 saturated carbocycles. The van der Waals surface area contributed by atoms with E-state index in [1.165, 1.54) is 13.6 Å². The first-order valence-electron chi connectivity index (χ1n) is 6.39. The van der Waals surface area contributed by atoms with E-state index in [9.17, 15) is 0 Å². The molecule has 1 atom stereocenters. The molecule has 2 nitrogen and oxygen atoms in total. The van der Waals surface area contributed by atoms with Gasteiger partial charge in [0.2, 0.25) is 0 Å². The average molecular weight is 421 g/mol. The van der Waals surface area contributed by atoms with Crippen LogP contribution in [0.15, 0.2) is 24.3 Å². The molecule has 0 spiro atoms. The van der Waals surface area contributed by atoms with Gasteiger partial charge in [-0.05, 0) is 0 Å². The molecule has 0 aliphatic carbocycles. The number of halogens is 1. The third-order valence-electron chi connectivity index (χ3n) is 2.66. The Morgan fingerprint density at radius 2 is 1.83 bits per heavy atom. The van der Waals surface area contributed by atoms with Gasteiger partial charge in [-0.25, -0.2) is 0 Å². The van der Waals surface area contributed by atoms with Gasteiger partial charge < -0.3 is 17.0 Å². The van der Waals surface area contributed by atoms with E-state index >= 15 is 0 Å². The fourth-order valence-corrected chi connectivity index (χ4v) is 8.04. The van der Waals surface area contributed by atoms with Crippen molar-refractivity contribution in [3.63, 3.8) is 0 Å². The number of rotatable bonds is 6. The summed E-state index contributed by atoms with van der Waals surface area (Å²) in [5, 5.41) is 0. The summed E-state index contributed by atoms with van der Waals surface area (Å²) in [4.78, 5) is 0. The third-order valence-corrected chi connectivity index (χ3v) is 8.98. The SMILES string of the molecule is C[CH2][Sn+]([O]CC(C)C)[c]1ccccc1C(C)N.[Br-]. The largest absolute Gasteiger partial charge is 1.00 e. The van der Waals surface area contributed by atoms with E-state index < -0.39 is 20.2 Å². The average Bonchev–Trinajstić information content (AvgIpc) is 2.30. The maximum atomic E-state index is 6.17. The van der Waals surface area contributed by atoms with Crippen molar-refractivity contribution in [3.05, 3.63) is 29.8 Å². The Kier molecular flexibility index (Phi) is 9.56. The van der Waals surface area contributed by atoms with Gasteiger partial charge >= 0.3 is 113 Å². The molecule has 1 unspecified atom stereocenters. The molecule has 4 heteroatoms. The maximum Gasteiger partial charge on any atom is -1.00 e. The Morgan fingerprint density at radius 3 is 2.33 bits per heavy atom. The first-order chi connectivity index (χ1) is 8.06. The van der Waals surface area contributed by atoms with Gasteiger partial charge in [0.05, 0.1) is 0 Å². The molecule has 0 amide bonds. The third kappa shape index (κ3) is 5.59. The van der Waals surface area contributed by atoms with Crippen molar-refractivity contribution in [1.29, 1.82) is 0 Å². The molecule has 1 rings (SSSR count). The van der Waals surface area contributed by atoms with Crippen molar-refractivity contribution in [2.75, 3.05) is 6.61 Å². The normalized spacial score (nSPS) is 12.1. The second-order valence-corrected chi connectivity index (χ2v) is 11.7. The zero-order chi connectivity index (χ0) is 12.8. The standard InChI is InChI=1S/C8H10N.C4H9O.C2H5.BrH.Sn/c1-7(9)8-5-3-2-4-6-8;1-4(2)3-5;1-2;;/h2-5,7H,9H2,1H3;4H,3H2,1-2H3;1H2,2H3;1H;/q;-1;;;+2/p-1. The van der Waals surface area contributed by atoms with Crippen LogP contribution in [0.3, 0.4) is 0 Å². The van der Waals surface area contributed by atoms with Crippen LogP contribution in [0.4, 0.5) is 0 Å². The van der Waals surface area contributed by atoms with Gasteiger partial charge in [-0.15, -0.1) is 0 Å². The summed E-state index contributed by atoms with van der Waals surface area (Å²) in [6.45, 7) is 9.59. The minimum absolute atomic E-state index is 0. The number of benzene rings is 1. The summed E-state index contributed by atoms with van der Waals surface area (Å²) in [6, 6.07) is 8.65. The molecule has 0 radical (unpaired) electrons. The van der Waals surface area contributed by atoms with Crippen LogP contribution in [0.2, 0.25) is 4.44 Å². The second kappa shape index (κ2) is 9.34. The van der Waals surface area contributed by atoms with Crippen LogP contribution in [0, 0.1) is 5.92 Å². The van der Waals surface area contributed by atoms with E-state index in [1.807, 2.05) is 0 Å². The smallest absolute Gasteiger partial charge is 1.00 e. The molecule has 18 heavy (non-hydrogen) atoms. The summed E-state index contributed by atoms with van der Waals surface area (Å²) in [6.07, 6.45) is 0. The Morgan fingerprint density at radius 1 is 1.22 bits per heavy atom. The molecule has 1 aromatic carbocycles. The molecule has 0 aromatic heterocycles. The first-order valence-corrected chi connectivity index (χ1v) is 11.0. The minimum atomic E-state index is -1.91. The van der Waals surface area contributed by atoms with Crippen LogP contribution in [0.25, 0.3) is 0 Å². The number of nitrogens with two attached hydrogens (primary N) is 1. The molecule has 1 aromatic rings. The molecule has 0 aliphatic rings. The van der Waals surface area contributed by atoms with Crippen molar-refractivity contribution >= 4 is 23.8 Å². The van der Waals surface area contributed by atoms with Crippen LogP contribution in [-0.4, -0.2) is 26.8 Å². The van der Waals surface area contributed by atoms with Gasteiger partial charge in [0.1, 0.15) is 0 Å². The Hall–Kier alpha value is 0.419. The van der Waals surface area contributed by atoms with E-state index in [2.05, 4.69) is 52.0 Å². The topological polar surface area (TPSA) is 35.2 Å². The second-order valence-electron chi connectivity index (χ2n) is 4.86. The van der Waals surface area contributed by atoms with Gasteiger partial charge in [-0.2, -0.15) is 0 Å². The molecular weight excluding hydrogens is 397 g/mol. The van der Waals surface area contributed by atoms with Gasteiger partial charge in [0, 0.05) is 0 Å². The van der Waals surface area contributed by atoms with E-state index in [1.54, 1.807) is 0 Å². The maximum absolute atomic E-state index is 6.17. The molecular formula is C14H24BrNOSn. The van der Waals surface area contributed by atoms with Crippen LogP contribution in [0.5, 0.6) is 0 Å². The Labute approximate surface area is 129 Å². The molecule has 0 heterocycles. The van der Waals surface area contributed by atoms with Crippen molar-refractivity contribution in [1.82, 2.24) is 0 Å². The molecule has 0 fully saturated rings. The zero-order valence-electron chi connectivity index (χ0n) is 11.7. The van der Waals surface area contributed by atoms with Crippen LogP contribution < -0.4 is 26.3 Å². The van der Waals surface area contributed by atoms with Crippen LogP contribution >= 0.6 is 0 Å². The molecule has 0 aliphatic heterocycles. The van der Waals surface area contributed by atoms with Crippen LogP contribution in [-0.2, 0) is 3.07 Å². The Balaban J connectivity index is 0.00000289. The van der Waals surface area contributed by atoms with Gasteiger partial charge in [-0.1, -0.05) is 0 Å². The van der Waals surface area contributed by atoms with E-state index in [0.717, 1.165) is 6.61 Å². The van der Waals surface area contributed by atoms with Gasteiger partial charge in [-0.3, -0.25) is 0 Å². The predicted octanol–water partition coefficient (Wildman–Crippen LogP) is -0.399. The van der Waals surface area contributed by atoms with E-state index in [4.69, 9.17) is 8.81 Å². The van der Waals surface area contributed by atoms with E-state index in [-0.39, 0.29) is 23.0 Å². The zero-order valence-corrected chi connectivity index (χ0v) is 16.2. The summed E-state index contributed by atoms with van der Waals surface area (Å²) in [5.41, 5.74) is 7.32.